The Morgan fingerprint density at radius 3 is 2.43 bits per heavy atom. The normalized spacial score (nSPS) is 15.5. The van der Waals surface area contributed by atoms with E-state index in [1.807, 2.05) is 42.5 Å². The average Bonchev–Trinajstić information content (AvgIpc) is 3.29. The van der Waals surface area contributed by atoms with Crippen molar-refractivity contribution in [1.82, 2.24) is 0 Å². The molecule has 6 heteroatoms. The second-order valence-electron chi connectivity index (χ2n) is 7.00. The third-order valence-electron chi connectivity index (χ3n) is 4.87. The van der Waals surface area contributed by atoms with Crippen LogP contribution >= 0.6 is 0 Å². The Morgan fingerprint density at radius 1 is 1.00 bits per heavy atom. The second kappa shape index (κ2) is 9.24. The summed E-state index contributed by atoms with van der Waals surface area (Å²) >= 11 is 0. The lowest BCUT2D eigenvalue weighted by molar-refractivity contribution is 0.0888. The van der Waals surface area contributed by atoms with Crippen LogP contribution in [0.2, 0.25) is 0 Å². The van der Waals surface area contributed by atoms with Crippen molar-refractivity contribution < 1.29 is 14.3 Å². The van der Waals surface area contributed by atoms with Gasteiger partial charge in [0.1, 0.15) is 6.61 Å². The van der Waals surface area contributed by atoms with Crippen LogP contribution in [0, 0.1) is 0 Å². The minimum atomic E-state index is -0.210. The van der Waals surface area contributed by atoms with Crippen LogP contribution in [-0.4, -0.2) is 25.2 Å². The van der Waals surface area contributed by atoms with E-state index < -0.39 is 0 Å². The molecule has 3 aromatic carbocycles. The lowest BCUT2D eigenvalue weighted by atomic mass is 9.98. The number of benzene rings is 3. The third-order valence-corrected chi connectivity index (χ3v) is 4.87. The third kappa shape index (κ3) is 4.85. The number of anilines is 2. The first-order chi connectivity index (χ1) is 14.7. The van der Waals surface area contributed by atoms with Crippen molar-refractivity contribution in [2.45, 2.75) is 12.5 Å². The van der Waals surface area contributed by atoms with Crippen molar-refractivity contribution >= 4 is 23.2 Å². The molecule has 1 aliphatic heterocycles. The summed E-state index contributed by atoms with van der Waals surface area (Å²) in [5.41, 5.74) is 9.75. The smallest absolute Gasteiger partial charge is 0.255 e. The fourth-order valence-electron chi connectivity index (χ4n) is 3.27. The van der Waals surface area contributed by atoms with E-state index in [9.17, 15) is 4.79 Å². The molecule has 152 valence electrons. The van der Waals surface area contributed by atoms with Crippen LogP contribution in [0.25, 0.3) is 0 Å². The number of nitrogens with two attached hydrogens (primary N) is 1. The number of nitrogen functional groups attached to an aromatic ring is 1. The van der Waals surface area contributed by atoms with Crippen molar-refractivity contribution in [1.29, 1.82) is 0 Å². The highest BCUT2D eigenvalue weighted by Gasteiger charge is 2.17. The first-order valence-electron chi connectivity index (χ1n) is 9.76. The summed E-state index contributed by atoms with van der Waals surface area (Å²) < 4.78 is 10.7. The van der Waals surface area contributed by atoms with Crippen molar-refractivity contribution in [2.75, 3.05) is 24.5 Å². The van der Waals surface area contributed by atoms with Gasteiger partial charge in [-0.25, -0.2) is 4.99 Å². The highest BCUT2D eigenvalue weighted by molar-refractivity contribution is 6.05. The highest BCUT2D eigenvalue weighted by Crippen LogP contribution is 2.25. The fraction of sp³-hybridized carbons (Fsp3) is 0.167. The van der Waals surface area contributed by atoms with Gasteiger partial charge >= 0.3 is 0 Å². The van der Waals surface area contributed by atoms with Gasteiger partial charge in [-0.15, -0.1) is 0 Å². The first kappa shape index (κ1) is 19.7. The van der Waals surface area contributed by atoms with Crippen LogP contribution in [-0.2, 0) is 15.9 Å². The van der Waals surface area contributed by atoms with Crippen LogP contribution in [0.1, 0.15) is 27.5 Å². The lowest BCUT2D eigenvalue weighted by Gasteiger charge is -2.15. The SMILES string of the molecule is Nc1ccccc1NC(=O)c1ccc(C(Cc2ccccc2)N=C2COCO2)cc1. The minimum absolute atomic E-state index is 0.133. The Balaban J connectivity index is 1.53. The number of aliphatic imine (C=N–C) groups is 1. The molecule has 6 nitrogen and oxygen atoms in total. The molecule has 1 atom stereocenters. The Hall–Kier alpha value is -3.64. The van der Waals surface area contributed by atoms with Crippen molar-refractivity contribution in [3.63, 3.8) is 0 Å². The number of para-hydroxylation sites is 2. The molecule has 1 fully saturated rings. The quantitative estimate of drug-likeness (QED) is 0.606. The molecule has 0 bridgehead atoms. The number of rotatable bonds is 6. The van der Waals surface area contributed by atoms with Crippen LogP contribution in [0.5, 0.6) is 0 Å². The van der Waals surface area contributed by atoms with E-state index >= 15 is 0 Å². The van der Waals surface area contributed by atoms with Crippen LogP contribution in [0.4, 0.5) is 11.4 Å². The maximum absolute atomic E-state index is 12.6. The van der Waals surface area contributed by atoms with E-state index in [1.165, 1.54) is 5.56 Å². The number of carbonyl (C=O) groups excluding carboxylic acids is 1. The van der Waals surface area contributed by atoms with Gasteiger partial charge < -0.3 is 20.5 Å². The number of carbonyl (C=O) groups is 1. The Bertz CT molecular complexity index is 1030. The standard InChI is InChI=1S/C24H23N3O3/c25-20-8-4-5-9-21(20)27-24(28)19-12-10-18(11-13-19)22(26-23-15-29-16-30-23)14-17-6-2-1-3-7-17/h1-13,22H,14-16,25H2,(H,27,28). The van der Waals surface area contributed by atoms with E-state index in [4.69, 9.17) is 20.2 Å². The number of hydrogen-bond acceptors (Lipinski definition) is 5. The predicted molar refractivity (Wildman–Crippen MR) is 117 cm³/mol. The Morgan fingerprint density at radius 2 is 1.73 bits per heavy atom. The molecule has 3 aromatic rings. The van der Waals surface area contributed by atoms with Gasteiger partial charge in [0.2, 0.25) is 5.90 Å². The first-order valence-corrected chi connectivity index (χ1v) is 9.76. The van der Waals surface area contributed by atoms with Gasteiger partial charge in [-0.1, -0.05) is 54.6 Å². The molecule has 3 N–H and O–H groups in total. The summed E-state index contributed by atoms with van der Waals surface area (Å²) in [5.74, 6) is 0.384. The van der Waals surface area contributed by atoms with Gasteiger partial charge in [0.25, 0.3) is 5.91 Å². The Kier molecular flexibility index (Phi) is 6.06. The summed E-state index contributed by atoms with van der Waals surface area (Å²) in [6.45, 7) is 0.614. The Labute approximate surface area is 175 Å². The molecule has 1 amide bonds. The molecule has 1 heterocycles. The fourth-order valence-corrected chi connectivity index (χ4v) is 3.27. The monoisotopic (exact) mass is 401 g/mol. The molecular weight excluding hydrogens is 378 g/mol. The highest BCUT2D eigenvalue weighted by atomic mass is 16.7. The molecule has 1 unspecified atom stereocenters. The molecule has 1 saturated heterocycles. The number of nitrogens with one attached hydrogen (secondary N) is 1. The van der Waals surface area contributed by atoms with E-state index in [-0.39, 0.29) is 18.7 Å². The molecule has 0 saturated carbocycles. The topological polar surface area (TPSA) is 85.9 Å². The zero-order valence-corrected chi connectivity index (χ0v) is 16.5. The van der Waals surface area contributed by atoms with Crippen molar-refractivity contribution in [3.8, 4) is 0 Å². The second-order valence-corrected chi connectivity index (χ2v) is 7.00. The van der Waals surface area contributed by atoms with E-state index in [0.717, 1.165) is 12.0 Å². The molecule has 0 aromatic heterocycles. The van der Waals surface area contributed by atoms with Gasteiger partial charge in [-0.2, -0.15) is 0 Å². The van der Waals surface area contributed by atoms with Crippen LogP contribution < -0.4 is 11.1 Å². The minimum Gasteiger partial charge on any atom is -0.452 e. The molecular formula is C24H23N3O3. The zero-order chi connectivity index (χ0) is 20.8. The maximum Gasteiger partial charge on any atom is 0.255 e. The number of hydrogen-bond donors (Lipinski definition) is 2. The summed E-state index contributed by atoms with van der Waals surface area (Å²) in [6.07, 6.45) is 0.722. The summed E-state index contributed by atoms with van der Waals surface area (Å²) in [7, 11) is 0. The maximum atomic E-state index is 12.6. The van der Waals surface area contributed by atoms with Gasteiger partial charge in [-0.3, -0.25) is 4.79 Å². The predicted octanol–water partition coefficient (Wildman–Crippen LogP) is 4.21. The van der Waals surface area contributed by atoms with E-state index in [1.54, 1.807) is 24.3 Å². The van der Waals surface area contributed by atoms with Gasteiger partial charge in [0.15, 0.2) is 6.79 Å². The molecule has 30 heavy (non-hydrogen) atoms. The lowest BCUT2D eigenvalue weighted by Crippen LogP contribution is -2.13. The average molecular weight is 401 g/mol. The van der Waals surface area contributed by atoms with Gasteiger partial charge in [-0.05, 0) is 41.8 Å². The van der Waals surface area contributed by atoms with Gasteiger partial charge in [0.05, 0.1) is 17.4 Å². The molecule has 4 rings (SSSR count). The molecule has 0 radical (unpaired) electrons. The summed E-state index contributed by atoms with van der Waals surface area (Å²) in [5, 5.41) is 2.85. The van der Waals surface area contributed by atoms with Crippen molar-refractivity contribution in [3.05, 3.63) is 95.6 Å². The number of amides is 1. The molecule has 0 spiro atoms. The summed E-state index contributed by atoms with van der Waals surface area (Å²) in [4.78, 5) is 17.3. The van der Waals surface area contributed by atoms with Crippen LogP contribution in [0.3, 0.4) is 0 Å². The largest absolute Gasteiger partial charge is 0.452 e. The van der Waals surface area contributed by atoms with Gasteiger partial charge in [0, 0.05) is 5.56 Å². The molecule has 0 aliphatic carbocycles. The van der Waals surface area contributed by atoms with Crippen molar-refractivity contribution in [2.24, 2.45) is 4.99 Å². The van der Waals surface area contributed by atoms with E-state index in [0.29, 0.717) is 29.4 Å². The number of nitrogens with zero attached hydrogens (tertiary/aromatic N) is 1. The van der Waals surface area contributed by atoms with Crippen LogP contribution in [0.15, 0.2) is 83.9 Å². The van der Waals surface area contributed by atoms with E-state index in [2.05, 4.69) is 17.4 Å². The zero-order valence-electron chi connectivity index (χ0n) is 16.5. The molecule has 1 aliphatic rings. The number of ether oxygens (including phenoxy) is 2. The summed E-state index contributed by atoms with van der Waals surface area (Å²) in [6, 6.07) is 24.7.